The average molecular weight is 389 g/mol. The molecule has 2 heterocycles. The van der Waals surface area contributed by atoms with Crippen LogP contribution in [0.4, 0.5) is 5.82 Å². The van der Waals surface area contributed by atoms with Gasteiger partial charge in [-0.1, -0.05) is 18.5 Å². The Bertz CT molecular complexity index is 632. The van der Waals surface area contributed by atoms with Crippen molar-refractivity contribution >= 4 is 50.6 Å². The Kier molecular flexibility index (Phi) is 6.02. The zero-order valence-corrected chi connectivity index (χ0v) is 14.6. The third kappa shape index (κ3) is 4.43. The Labute approximate surface area is 141 Å². The highest BCUT2D eigenvalue weighted by molar-refractivity contribution is 9.10. The summed E-state index contributed by atoms with van der Waals surface area (Å²) in [5, 5.41) is 8.33. The Hall–Kier alpha value is -1.11. The molecule has 1 amide bonds. The molecule has 0 aliphatic rings. The number of nitrogens with zero attached hydrogens (tertiary/aromatic N) is 1. The van der Waals surface area contributed by atoms with Gasteiger partial charge in [-0.05, 0) is 39.9 Å². The summed E-state index contributed by atoms with van der Waals surface area (Å²) in [5.41, 5.74) is 0.429. The molecule has 7 heteroatoms. The highest BCUT2D eigenvalue weighted by atomic mass is 79.9. The summed E-state index contributed by atoms with van der Waals surface area (Å²) in [5.74, 6) is 0.450. The van der Waals surface area contributed by atoms with Gasteiger partial charge in [0.05, 0.1) is 17.1 Å². The number of aromatic nitrogens is 1. The second kappa shape index (κ2) is 7.77. The molecule has 2 aromatic rings. The lowest BCUT2D eigenvalue weighted by Crippen LogP contribution is -2.23. The highest BCUT2D eigenvalue weighted by Crippen LogP contribution is 2.23. The van der Waals surface area contributed by atoms with E-state index in [2.05, 4.69) is 38.5 Å². The van der Waals surface area contributed by atoms with Crippen LogP contribution < -0.4 is 10.6 Å². The Balaban J connectivity index is 2.05. The van der Waals surface area contributed by atoms with Crippen molar-refractivity contribution in [3.8, 4) is 0 Å². The van der Waals surface area contributed by atoms with E-state index in [4.69, 9.17) is 11.6 Å². The summed E-state index contributed by atoms with van der Waals surface area (Å²) >= 11 is 11.1. The van der Waals surface area contributed by atoms with Crippen LogP contribution in [0, 0.1) is 0 Å². The molecule has 0 aromatic carbocycles. The van der Waals surface area contributed by atoms with E-state index < -0.39 is 0 Å². The second-order valence-electron chi connectivity index (χ2n) is 4.35. The van der Waals surface area contributed by atoms with Crippen molar-refractivity contribution in [2.24, 2.45) is 0 Å². The molecule has 0 unspecified atom stereocenters. The summed E-state index contributed by atoms with van der Waals surface area (Å²) in [6.07, 6.45) is 2.48. The van der Waals surface area contributed by atoms with Crippen molar-refractivity contribution in [1.82, 2.24) is 10.3 Å². The molecule has 2 rings (SSSR count). The van der Waals surface area contributed by atoms with Gasteiger partial charge in [0.15, 0.2) is 0 Å². The van der Waals surface area contributed by atoms with E-state index >= 15 is 0 Å². The first-order chi connectivity index (χ1) is 10.1. The maximum atomic E-state index is 12.2. The number of pyridine rings is 1. The Morgan fingerprint density at radius 1 is 1.52 bits per heavy atom. The van der Waals surface area contributed by atoms with Gasteiger partial charge in [0, 0.05) is 22.1 Å². The van der Waals surface area contributed by atoms with E-state index in [1.54, 1.807) is 17.4 Å². The number of halogens is 2. The van der Waals surface area contributed by atoms with Crippen LogP contribution in [0.1, 0.15) is 28.6 Å². The topological polar surface area (TPSA) is 54.0 Å². The van der Waals surface area contributed by atoms with Crippen LogP contribution in [-0.2, 0) is 6.54 Å². The molecule has 0 fully saturated rings. The molecule has 4 nitrogen and oxygen atoms in total. The molecule has 2 N–H and O–H groups in total. The van der Waals surface area contributed by atoms with Gasteiger partial charge in [-0.15, -0.1) is 11.3 Å². The largest absolute Gasteiger partial charge is 0.370 e. The van der Waals surface area contributed by atoms with Crippen molar-refractivity contribution in [3.63, 3.8) is 0 Å². The fourth-order valence-corrected chi connectivity index (χ4v) is 3.29. The molecule has 0 aliphatic carbocycles. The fourth-order valence-electron chi connectivity index (χ4n) is 1.67. The van der Waals surface area contributed by atoms with Gasteiger partial charge in [0.2, 0.25) is 0 Å². The van der Waals surface area contributed by atoms with Crippen LogP contribution in [0.3, 0.4) is 0 Å². The van der Waals surface area contributed by atoms with E-state index in [0.717, 1.165) is 22.3 Å². The van der Waals surface area contributed by atoms with E-state index in [9.17, 15) is 4.79 Å². The van der Waals surface area contributed by atoms with E-state index in [1.165, 1.54) is 6.20 Å². The SMILES string of the molecule is CCCNc1cc(C(=O)NCc2sccc2Br)c(Cl)cn1. The van der Waals surface area contributed by atoms with Crippen molar-refractivity contribution < 1.29 is 4.79 Å². The maximum Gasteiger partial charge on any atom is 0.253 e. The van der Waals surface area contributed by atoms with Gasteiger partial charge >= 0.3 is 0 Å². The number of thiophene rings is 1. The van der Waals surface area contributed by atoms with E-state index in [-0.39, 0.29) is 5.91 Å². The third-order valence-electron chi connectivity index (χ3n) is 2.76. The van der Waals surface area contributed by atoms with Crippen LogP contribution in [0.15, 0.2) is 28.2 Å². The van der Waals surface area contributed by atoms with Gasteiger partial charge in [-0.25, -0.2) is 4.98 Å². The fraction of sp³-hybridized carbons (Fsp3) is 0.286. The normalized spacial score (nSPS) is 10.4. The molecule has 0 saturated carbocycles. The standard InChI is InChI=1S/C14H15BrClN3OS/c1-2-4-17-13-6-9(11(16)7-18-13)14(20)19-8-12-10(15)3-5-21-12/h3,5-7H,2,4,8H2,1H3,(H,17,18)(H,19,20). The zero-order chi connectivity index (χ0) is 15.2. The first-order valence-electron chi connectivity index (χ1n) is 6.51. The zero-order valence-electron chi connectivity index (χ0n) is 11.5. The van der Waals surface area contributed by atoms with Gasteiger partial charge in [0.25, 0.3) is 5.91 Å². The van der Waals surface area contributed by atoms with Gasteiger partial charge in [-0.2, -0.15) is 0 Å². The molecule has 0 saturated heterocycles. The van der Waals surface area contributed by atoms with Gasteiger partial charge < -0.3 is 10.6 Å². The summed E-state index contributed by atoms with van der Waals surface area (Å²) in [7, 11) is 0. The summed E-state index contributed by atoms with van der Waals surface area (Å²) in [6, 6.07) is 3.63. The number of anilines is 1. The smallest absolute Gasteiger partial charge is 0.253 e. The highest BCUT2D eigenvalue weighted by Gasteiger charge is 2.12. The summed E-state index contributed by atoms with van der Waals surface area (Å²) in [4.78, 5) is 17.5. The van der Waals surface area contributed by atoms with Crippen LogP contribution in [0.25, 0.3) is 0 Å². The quantitative estimate of drug-likeness (QED) is 0.775. The predicted octanol–water partition coefficient (Wildman–Crippen LogP) is 4.31. The maximum absolute atomic E-state index is 12.2. The molecule has 0 spiro atoms. The van der Waals surface area contributed by atoms with Gasteiger partial charge in [-0.3, -0.25) is 4.79 Å². The number of rotatable bonds is 6. The van der Waals surface area contributed by atoms with Crippen LogP contribution in [-0.4, -0.2) is 17.4 Å². The molecular formula is C14H15BrClN3OS. The number of carbonyl (C=O) groups is 1. The number of amides is 1. The number of nitrogens with one attached hydrogen (secondary N) is 2. The van der Waals surface area contributed by atoms with Crippen LogP contribution in [0.5, 0.6) is 0 Å². The van der Waals surface area contributed by atoms with Crippen molar-refractivity contribution in [2.75, 3.05) is 11.9 Å². The minimum Gasteiger partial charge on any atom is -0.370 e. The lowest BCUT2D eigenvalue weighted by molar-refractivity contribution is 0.0951. The molecule has 21 heavy (non-hydrogen) atoms. The van der Waals surface area contributed by atoms with Crippen LogP contribution in [0.2, 0.25) is 5.02 Å². The molecule has 0 radical (unpaired) electrons. The number of hydrogen-bond donors (Lipinski definition) is 2. The molecule has 0 atom stereocenters. The summed E-state index contributed by atoms with van der Waals surface area (Å²) < 4.78 is 0.999. The Morgan fingerprint density at radius 3 is 3.00 bits per heavy atom. The average Bonchev–Trinajstić information content (AvgIpc) is 2.89. The monoisotopic (exact) mass is 387 g/mol. The van der Waals surface area contributed by atoms with Gasteiger partial charge in [0.1, 0.15) is 5.82 Å². The van der Waals surface area contributed by atoms with E-state index in [0.29, 0.717) is 22.9 Å². The molecule has 0 aliphatic heterocycles. The first-order valence-corrected chi connectivity index (χ1v) is 8.56. The van der Waals surface area contributed by atoms with Crippen molar-refractivity contribution in [1.29, 1.82) is 0 Å². The lowest BCUT2D eigenvalue weighted by atomic mass is 10.2. The molecule has 0 bridgehead atoms. The van der Waals surface area contributed by atoms with Crippen molar-refractivity contribution in [3.05, 3.63) is 43.6 Å². The molecular weight excluding hydrogens is 374 g/mol. The van der Waals surface area contributed by atoms with E-state index in [1.807, 2.05) is 11.4 Å². The molecule has 2 aromatic heterocycles. The Morgan fingerprint density at radius 2 is 2.33 bits per heavy atom. The molecule has 112 valence electrons. The minimum atomic E-state index is -0.206. The third-order valence-corrected chi connectivity index (χ3v) is 4.98. The second-order valence-corrected chi connectivity index (χ2v) is 6.61. The summed E-state index contributed by atoms with van der Waals surface area (Å²) in [6.45, 7) is 3.33. The van der Waals surface area contributed by atoms with Crippen molar-refractivity contribution in [2.45, 2.75) is 19.9 Å². The minimum absolute atomic E-state index is 0.206. The number of carbonyl (C=O) groups excluding carboxylic acids is 1. The van der Waals surface area contributed by atoms with Crippen LogP contribution >= 0.6 is 38.9 Å². The number of hydrogen-bond acceptors (Lipinski definition) is 4. The predicted molar refractivity (Wildman–Crippen MR) is 91.2 cm³/mol. The lowest BCUT2D eigenvalue weighted by Gasteiger charge is -2.09. The first kappa shape index (κ1) is 16.3.